The zero-order valence-corrected chi connectivity index (χ0v) is 19.0. The second-order valence-corrected chi connectivity index (χ2v) is 8.74. The van der Waals surface area contributed by atoms with Gasteiger partial charge in [0.25, 0.3) is 5.91 Å². The van der Waals surface area contributed by atoms with Gasteiger partial charge in [-0.1, -0.05) is 54.6 Å². The number of hydrogen-bond acceptors (Lipinski definition) is 6. The van der Waals surface area contributed by atoms with Crippen molar-refractivity contribution in [2.75, 3.05) is 6.61 Å². The average molecular weight is 449 g/mol. The molecule has 1 aromatic heterocycles. The van der Waals surface area contributed by atoms with E-state index in [4.69, 9.17) is 9.47 Å². The Morgan fingerprint density at radius 2 is 1.85 bits per heavy atom. The summed E-state index contributed by atoms with van der Waals surface area (Å²) in [5.41, 5.74) is 3.17. The SMILES string of the molecule is Cc1n[nH]nc1C(=O)N[C@H](Cc1ccc(-c2ccccc2)cc1)C[C@@]1(C)CO[C@H](C)OC1=O. The minimum absolute atomic E-state index is 0.231. The Labute approximate surface area is 192 Å². The van der Waals surface area contributed by atoms with E-state index in [0.717, 1.165) is 16.7 Å². The number of amides is 1. The topological polar surface area (TPSA) is 106 Å². The predicted octanol–water partition coefficient (Wildman–Crippen LogP) is 3.44. The fraction of sp³-hybridized carbons (Fsp3) is 0.360. The summed E-state index contributed by atoms with van der Waals surface area (Å²) in [5.74, 6) is -0.660. The number of rotatable bonds is 7. The minimum atomic E-state index is -0.868. The first kappa shape index (κ1) is 22.7. The lowest BCUT2D eigenvalue weighted by molar-refractivity contribution is -0.219. The van der Waals surface area contributed by atoms with E-state index in [0.29, 0.717) is 18.5 Å². The largest absolute Gasteiger partial charge is 0.436 e. The molecule has 0 unspecified atom stereocenters. The third-order valence-corrected chi connectivity index (χ3v) is 5.92. The van der Waals surface area contributed by atoms with Gasteiger partial charge in [-0.2, -0.15) is 15.4 Å². The van der Waals surface area contributed by atoms with Gasteiger partial charge in [0, 0.05) is 6.04 Å². The van der Waals surface area contributed by atoms with Crippen molar-refractivity contribution in [2.24, 2.45) is 5.41 Å². The van der Waals surface area contributed by atoms with Gasteiger partial charge in [-0.15, -0.1) is 0 Å². The molecule has 2 N–H and O–H groups in total. The number of H-pyrrole nitrogens is 1. The molecule has 0 aliphatic carbocycles. The number of carbonyl (C=O) groups is 2. The van der Waals surface area contributed by atoms with E-state index < -0.39 is 11.7 Å². The Morgan fingerprint density at radius 1 is 1.15 bits per heavy atom. The van der Waals surface area contributed by atoms with E-state index in [1.54, 1.807) is 20.8 Å². The van der Waals surface area contributed by atoms with Crippen LogP contribution in [0, 0.1) is 12.3 Å². The molecule has 3 atom stereocenters. The van der Waals surface area contributed by atoms with Crippen molar-refractivity contribution in [3.63, 3.8) is 0 Å². The van der Waals surface area contributed by atoms with Crippen molar-refractivity contribution in [3.8, 4) is 11.1 Å². The van der Waals surface area contributed by atoms with Gasteiger partial charge in [-0.25, -0.2) is 0 Å². The number of cyclic esters (lactones) is 1. The summed E-state index contributed by atoms with van der Waals surface area (Å²) in [4.78, 5) is 25.5. The Hall–Kier alpha value is -3.52. The van der Waals surface area contributed by atoms with Crippen LogP contribution in [0.3, 0.4) is 0 Å². The molecule has 3 aromatic rings. The van der Waals surface area contributed by atoms with Gasteiger partial charge >= 0.3 is 5.97 Å². The minimum Gasteiger partial charge on any atom is -0.436 e. The predicted molar refractivity (Wildman–Crippen MR) is 122 cm³/mol. The maximum atomic E-state index is 12.9. The average Bonchev–Trinajstić information content (AvgIpc) is 3.24. The molecule has 2 heterocycles. The van der Waals surface area contributed by atoms with Crippen LogP contribution < -0.4 is 5.32 Å². The fourth-order valence-corrected chi connectivity index (χ4v) is 4.05. The molecule has 33 heavy (non-hydrogen) atoms. The molecule has 8 nitrogen and oxygen atoms in total. The first-order chi connectivity index (χ1) is 15.8. The Bertz CT molecular complexity index is 1110. The van der Waals surface area contributed by atoms with Gasteiger partial charge in [0.05, 0.1) is 17.7 Å². The number of aromatic amines is 1. The molecule has 172 valence electrons. The van der Waals surface area contributed by atoms with E-state index >= 15 is 0 Å². The number of aryl methyl sites for hydroxylation is 1. The highest BCUT2D eigenvalue weighted by molar-refractivity contribution is 5.93. The van der Waals surface area contributed by atoms with Gasteiger partial charge < -0.3 is 14.8 Å². The second-order valence-electron chi connectivity index (χ2n) is 8.74. The lowest BCUT2D eigenvalue weighted by Crippen LogP contribution is -2.49. The fourth-order valence-electron chi connectivity index (χ4n) is 4.05. The summed E-state index contributed by atoms with van der Waals surface area (Å²) in [6, 6.07) is 18.0. The number of nitrogens with one attached hydrogen (secondary N) is 2. The summed E-state index contributed by atoms with van der Waals surface area (Å²) in [6.45, 7) is 5.44. The van der Waals surface area contributed by atoms with Crippen LogP contribution in [0.4, 0.5) is 0 Å². The van der Waals surface area contributed by atoms with E-state index in [1.807, 2.05) is 30.3 Å². The molecule has 2 aromatic carbocycles. The van der Waals surface area contributed by atoms with Crippen LogP contribution in [0.25, 0.3) is 11.1 Å². The van der Waals surface area contributed by atoms with E-state index in [1.165, 1.54) is 0 Å². The van der Waals surface area contributed by atoms with Gasteiger partial charge in [-0.3, -0.25) is 9.59 Å². The molecular weight excluding hydrogens is 420 g/mol. The summed E-state index contributed by atoms with van der Waals surface area (Å²) in [5, 5.41) is 13.4. The second kappa shape index (κ2) is 9.54. The Morgan fingerprint density at radius 3 is 2.48 bits per heavy atom. The van der Waals surface area contributed by atoms with Crippen molar-refractivity contribution in [3.05, 3.63) is 71.5 Å². The third kappa shape index (κ3) is 5.28. The van der Waals surface area contributed by atoms with Crippen LogP contribution in [0.1, 0.15) is 42.0 Å². The summed E-state index contributed by atoms with van der Waals surface area (Å²) in [6.07, 6.45) is 0.333. The first-order valence-corrected chi connectivity index (χ1v) is 11.0. The van der Waals surface area contributed by atoms with Gasteiger partial charge in [-0.05, 0) is 50.3 Å². The smallest absolute Gasteiger partial charge is 0.316 e. The number of carbonyl (C=O) groups excluding carboxylic acids is 2. The number of nitrogens with zero attached hydrogens (tertiary/aromatic N) is 2. The summed E-state index contributed by atoms with van der Waals surface area (Å²) < 4.78 is 10.9. The number of ether oxygens (including phenoxy) is 2. The molecule has 1 aliphatic rings. The van der Waals surface area contributed by atoms with Crippen molar-refractivity contribution in [2.45, 2.75) is 45.9 Å². The van der Waals surface area contributed by atoms with Crippen LogP contribution in [0.5, 0.6) is 0 Å². The number of hydrogen-bond donors (Lipinski definition) is 2. The lowest BCUT2D eigenvalue weighted by Gasteiger charge is -2.36. The van der Waals surface area contributed by atoms with Gasteiger partial charge in [0.2, 0.25) is 0 Å². The molecule has 0 radical (unpaired) electrons. The number of benzene rings is 2. The lowest BCUT2D eigenvalue weighted by atomic mass is 9.82. The van der Waals surface area contributed by atoms with Crippen LogP contribution in [0.15, 0.2) is 54.6 Å². The highest BCUT2D eigenvalue weighted by Gasteiger charge is 2.42. The zero-order valence-electron chi connectivity index (χ0n) is 19.0. The molecular formula is C25H28N4O4. The van der Waals surface area contributed by atoms with Crippen LogP contribution >= 0.6 is 0 Å². The zero-order chi connectivity index (χ0) is 23.4. The maximum absolute atomic E-state index is 12.9. The molecule has 4 rings (SSSR count). The maximum Gasteiger partial charge on any atom is 0.316 e. The number of aromatic nitrogens is 3. The standard InChI is InChI=1S/C25H28N4O4/c1-16-22(28-29-27-16)23(30)26-21(14-25(3)15-32-17(2)33-24(25)31)13-18-9-11-20(12-10-18)19-7-5-4-6-8-19/h4-12,17,21H,13-15H2,1-3H3,(H,26,30)(H,27,28,29)/t17-,21+,25-/m0/s1. The van der Waals surface area contributed by atoms with E-state index in [9.17, 15) is 9.59 Å². The third-order valence-electron chi connectivity index (χ3n) is 5.92. The highest BCUT2D eigenvalue weighted by atomic mass is 16.7. The molecule has 1 amide bonds. The molecule has 1 fully saturated rings. The Balaban J connectivity index is 1.53. The van der Waals surface area contributed by atoms with Crippen LogP contribution in [0.2, 0.25) is 0 Å². The summed E-state index contributed by atoms with van der Waals surface area (Å²) >= 11 is 0. The monoisotopic (exact) mass is 448 g/mol. The van der Waals surface area contributed by atoms with E-state index in [-0.39, 0.29) is 30.2 Å². The first-order valence-electron chi connectivity index (χ1n) is 11.0. The van der Waals surface area contributed by atoms with Crippen molar-refractivity contribution < 1.29 is 19.1 Å². The van der Waals surface area contributed by atoms with Crippen LogP contribution in [-0.2, 0) is 20.7 Å². The molecule has 0 spiro atoms. The van der Waals surface area contributed by atoms with E-state index in [2.05, 4.69) is 45.0 Å². The van der Waals surface area contributed by atoms with Crippen molar-refractivity contribution in [1.29, 1.82) is 0 Å². The van der Waals surface area contributed by atoms with Crippen molar-refractivity contribution in [1.82, 2.24) is 20.7 Å². The molecule has 1 aliphatic heterocycles. The summed E-state index contributed by atoms with van der Waals surface area (Å²) in [7, 11) is 0. The number of esters is 1. The normalized spacial score (nSPS) is 21.3. The molecule has 1 saturated heterocycles. The quantitative estimate of drug-likeness (QED) is 0.537. The molecule has 0 saturated carbocycles. The highest BCUT2D eigenvalue weighted by Crippen LogP contribution is 2.32. The Kier molecular flexibility index (Phi) is 6.55. The van der Waals surface area contributed by atoms with Crippen molar-refractivity contribution >= 4 is 11.9 Å². The molecule has 0 bridgehead atoms. The van der Waals surface area contributed by atoms with Gasteiger partial charge in [0.1, 0.15) is 0 Å². The van der Waals surface area contributed by atoms with Crippen LogP contribution in [-0.4, -0.2) is 46.2 Å². The van der Waals surface area contributed by atoms with Gasteiger partial charge in [0.15, 0.2) is 12.0 Å². The molecule has 8 heteroatoms.